The van der Waals surface area contributed by atoms with E-state index in [-0.39, 0.29) is 0 Å². The standard InChI is InChI=1S/C11H16F6O2/c1-5-6(2)9(3,4)8(18)19-7(10(12,13)14)11(15,16)17/h6-7H,5H2,1-4H3. The molecule has 0 aliphatic carbocycles. The summed E-state index contributed by atoms with van der Waals surface area (Å²) in [6.07, 6.45) is -15.0. The maximum Gasteiger partial charge on any atom is 0.434 e. The van der Waals surface area contributed by atoms with E-state index in [1.54, 1.807) is 13.8 Å². The van der Waals surface area contributed by atoms with Crippen LogP contribution < -0.4 is 0 Å². The van der Waals surface area contributed by atoms with Gasteiger partial charge in [0.2, 0.25) is 0 Å². The molecule has 0 aliphatic heterocycles. The molecule has 0 spiro atoms. The highest BCUT2D eigenvalue weighted by molar-refractivity contribution is 5.76. The van der Waals surface area contributed by atoms with Crippen molar-refractivity contribution in [2.45, 2.75) is 52.6 Å². The molecule has 0 aliphatic rings. The Morgan fingerprint density at radius 3 is 1.68 bits per heavy atom. The van der Waals surface area contributed by atoms with Crippen LogP contribution in [0, 0.1) is 11.3 Å². The average Bonchev–Trinajstić information content (AvgIpc) is 2.20. The molecule has 0 rings (SSSR count). The largest absolute Gasteiger partial charge is 0.442 e. The predicted octanol–water partition coefficient (Wildman–Crippen LogP) is 4.10. The Bertz CT molecular complexity index is 304. The third kappa shape index (κ3) is 4.58. The van der Waals surface area contributed by atoms with Crippen molar-refractivity contribution in [3.05, 3.63) is 0 Å². The number of halogens is 6. The lowest BCUT2D eigenvalue weighted by Gasteiger charge is -2.31. The van der Waals surface area contributed by atoms with E-state index in [1.807, 2.05) is 0 Å². The lowest BCUT2D eigenvalue weighted by atomic mass is 9.78. The Hall–Kier alpha value is -0.950. The van der Waals surface area contributed by atoms with Crippen molar-refractivity contribution in [3.8, 4) is 0 Å². The predicted molar refractivity (Wildman–Crippen MR) is 55.2 cm³/mol. The van der Waals surface area contributed by atoms with E-state index in [0.717, 1.165) is 0 Å². The second kappa shape index (κ2) is 5.58. The molecular weight excluding hydrogens is 278 g/mol. The maximum absolute atomic E-state index is 12.3. The first-order chi connectivity index (χ1) is 8.24. The summed E-state index contributed by atoms with van der Waals surface area (Å²) < 4.78 is 77.2. The van der Waals surface area contributed by atoms with Gasteiger partial charge in [-0.1, -0.05) is 20.3 Å². The zero-order valence-electron chi connectivity index (χ0n) is 10.9. The van der Waals surface area contributed by atoms with Crippen LogP contribution >= 0.6 is 0 Å². The molecule has 2 nitrogen and oxygen atoms in total. The minimum atomic E-state index is -5.68. The van der Waals surface area contributed by atoms with Gasteiger partial charge in [0.05, 0.1) is 5.41 Å². The summed E-state index contributed by atoms with van der Waals surface area (Å²) in [6.45, 7) is 5.74. The SMILES string of the molecule is CCC(C)C(C)(C)C(=O)OC(C(F)(F)F)C(F)(F)F. The summed E-state index contributed by atoms with van der Waals surface area (Å²) in [4.78, 5) is 11.5. The summed E-state index contributed by atoms with van der Waals surface area (Å²) in [6, 6.07) is 0. The second-order valence-corrected chi connectivity index (χ2v) is 4.90. The molecule has 0 aromatic rings. The number of rotatable bonds is 4. The molecular formula is C11H16F6O2. The van der Waals surface area contributed by atoms with E-state index < -0.39 is 35.8 Å². The summed E-state index contributed by atoms with van der Waals surface area (Å²) >= 11 is 0. The summed E-state index contributed by atoms with van der Waals surface area (Å²) in [5.41, 5.74) is -1.43. The number of alkyl halides is 6. The van der Waals surface area contributed by atoms with E-state index in [0.29, 0.717) is 6.42 Å². The highest BCUT2D eigenvalue weighted by Crippen LogP contribution is 2.38. The number of esters is 1. The molecule has 1 unspecified atom stereocenters. The van der Waals surface area contributed by atoms with Gasteiger partial charge < -0.3 is 4.74 Å². The molecule has 0 saturated heterocycles. The van der Waals surface area contributed by atoms with Gasteiger partial charge in [-0.15, -0.1) is 0 Å². The van der Waals surface area contributed by atoms with Crippen LogP contribution in [0.15, 0.2) is 0 Å². The van der Waals surface area contributed by atoms with E-state index in [4.69, 9.17) is 0 Å². The fraction of sp³-hybridized carbons (Fsp3) is 0.909. The van der Waals surface area contributed by atoms with Gasteiger partial charge in [-0.3, -0.25) is 4.79 Å². The smallest absolute Gasteiger partial charge is 0.434 e. The molecule has 19 heavy (non-hydrogen) atoms. The van der Waals surface area contributed by atoms with Crippen LogP contribution in [0.25, 0.3) is 0 Å². The van der Waals surface area contributed by atoms with E-state index in [2.05, 4.69) is 4.74 Å². The van der Waals surface area contributed by atoms with E-state index >= 15 is 0 Å². The van der Waals surface area contributed by atoms with Gasteiger partial charge >= 0.3 is 18.3 Å². The van der Waals surface area contributed by atoms with Gasteiger partial charge in [0, 0.05) is 0 Å². The van der Waals surface area contributed by atoms with Crippen molar-refractivity contribution in [3.63, 3.8) is 0 Å². The minimum Gasteiger partial charge on any atom is -0.442 e. The van der Waals surface area contributed by atoms with Crippen molar-refractivity contribution in [1.29, 1.82) is 0 Å². The van der Waals surface area contributed by atoms with Crippen molar-refractivity contribution in [2.75, 3.05) is 0 Å². The Labute approximate surface area is 107 Å². The molecule has 1 atom stereocenters. The van der Waals surface area contributed by atoms with E-state index in [9.17, 15) is 31.1 Å². The number of carbonyl (C=O) groups excluding carboxylic acids is 1. The third-order valence-electron chi connectivity index (χ3n) is 3.19. The molecule has 0 amide bonds. The molecule has 0 fully saturated rings. The molecule has 0 aromatic carbocycles. The number of carbonyl (C=O) groups is 1. The summed E-state index contributed by atoms with van der Waals surface area (Å²) in [5, 5.41) is 0. The lowest BCUT2D eigenvalue weighted by molar-refractivity contribution is -0.315. The molecule has 0 heterocycles. The normalized spacial score (nSPS) is 15.5. The molecule has 0 radical (unpaired) electrons. The van der Waals surface area contributed by atoms with Crippen LogP contribution in [0.4, 0.5) is 26.3 Å². The van der Waals surface area contributed by atoms with Crippen molar-refractivity contribution >= 4 is 5.97 Å². The van der Waals surface area contributed by atoms with Crippen molar-refractivity contribution in [2.24, 2.45) is 11.3 Å². The molecule has 0 N–H and O–H groups in total. The Kier molecular flexibility index (Phi) is 5.30. The minimum absolute atomic E-state index is 0.415. The van der Waals surface area contributed by atoms with Crippen LogP contribution in [-0.4, -0.2) is 24.4 Å². The van der Waals surface area contributed by atoms with Crippen LogP contribution in [-0.2, 0) is 9.53 Å². The van der Waals surface area contributed by atoms with Crippen LogP contribution in [0.5, 0.6) is 0 Å². The Morgan fingerprint density at radius 1 is 1.05 bits per heavy atom. The Morgan fingerprint density at radius 2 is 1.42 bits per heavy atom. The molecule has 0 bridgehead atoms. The quantitative estimate of drug-likeness (QED) is 0.576. The lowest BCUT2D eigenvalue weighted by Crippen LogP contribution is -2.48. The fourth-order valence-electron chi connectivity index (χ4n) is 1.29. The average molecular weight is 294 g/mol. The molecule has 0 aromatic heterocycles. The zero-order valence-corrected chi connectivity index (χ0v) is 10.9. The zero-order chi connectivity index (χ0) is 15.6. The maximum atomic E-state index is 12.3. The summed E-state index contributed by atoms with van der Waals surface area (Å²) in [7, 11) is 0. The van der Waals surface area contributed by atoms with Gasteiger partial charge in [0.25, 0.3) is 6.10 Å². The van der Waals surface area contributed by atoms with Crippen LogP contribution in [0.2, 0.25) is 0 Å². The van der Waals surface area contributed by atoms with Gasteiger partial charge in [-0.25, -0.2) is 0 Å². The number of hydrogen-bond acceptors (Lipinski definition) is 2. The first-order valence-electron chi connectivity index (χ1n) is 5.59. The second-order valence-electron chi connectivity index (χ2n) is 4.90. The highest BCUT2D eigenvalue weighted by Gasteiger charge is 2.60. The van der Waals surface area contributed by atoms with Gasteiger partial charge in [-0.05, 0) is 19.8 Å². The first-order valence-corrected chi connectivity index (χ1v) is 5.59. The van der Waals surface area contributed by atoms with E-state index in [1.165, 1.54) is 13.8 Å². The molecule has 114 valence electrons. The molecule has 8 heteroatoms. The topological polar surface area (TPSA) is 26.3 Å². The van der Waals surface area contributed by atoms with Gasteiger partial charge in [-0.2, -0.15) is 26.3 Å². The van der Waals surface area contributed by atoms with Crippen LogP contribution in [0.3, 0.4) is 0 Å². The van der Waals surface area contributed by atoms with Crippen LogP contribution in [0.1, 0.15) is 34.1 Å². The van der Waals surface area contributed by atoms with Crippen molar-refractivity contribution < 1.29 is 35.9 Å². The summed E-state index contributed by atoms with van der Waals surface area (Å²) in [5.74, 6) is -1.93. The first kappa shape index (κ1) is 18.0. The van der Waals surface area contributed by atoms with Gasteiger partial charge in [0.15, 0.2) is 0 Å². The van der Waals surface area contributed by atoms with Crippen molar-refractivity contribution in [1.82, 2.24) is 0 Å². The monoisotopic (exact) mass is 294 g/mol. The fourth-order valence-corrected chi connectivity index (χ4v) is 1.29. The highest BCUT2D eigenvalue weighted by atomic mass is 19.4. The third-order valence-corrected chi connectivity index (χ3v) is 3.19. The molecule has 0 saturated carbocycles. The number of ether oxygens (including phenoxy) is 1. The number of hydrogen-bond donors (Lipinski definition) is 0. The Balaban J connectivity index is 5.14. The van der Waals surface area contributed by atoms with Gasteiger partial charge in [0.1, 0.15) is 0 Å².